The molecular weight excluding hydrogens is 334 g/mol. The average Bonchev–Trinajstić information content (AvgIpc) is 2.82. The number of carbonyl (C=O) groups excluding carboxylic acids is 1. The number of halogens is 3. The van der Waals surface area contributed by atoms with Crippen LogP contribution in [0.2, 0.25) is 0 Å². The van der Waals surface area contributed by atoms with Gasteiger partial charge in [-0.05, 0) is 12.1 Å². The fraction of sp³-hybridized carbons (Fsp3) is 0.167. The van der Waals surface area contributed by atoms with E-state index in [2.05, 4.69) is 26.2 Å². The zero-order chi connectivity index (χ0) is 14.7. The van der Waals surface area contributed by atoms with Crippen molar-refractivity contribution in [2.75, 3.05) is 11.9 Å². The Morgan fingerprint density at radius 3 is 2.65 bits per heavy atom. The predicted molar refractivity (Wildman–Crippen MR) is 73.3 cm³/mol. The van der Waals surface area contributed by atoms with E-state index in [0.29, 0.717) is 13.1 Å². The largest absolute Gasteiger partial charge is 0.335 e. The summed E-state index contributed by atoms with van der Waals surface area (Å²) in [6.07, 6.45) is 2.88. The molecule has 3 N–H and O–H groups in total. The van der Waals surface area contributed by atoms with E-state index >= 15 is 0 Å². The third kappa shape index (κ3) is 3.20. The van der Waals surface area contributed by atoms with Gasteiger partial charge in [0.15, 0.2) is 11.6 Å². The summed E-state index contributed by atoms with van der Waals surface area (Å²) in [6, 6.07) is 2.12. The summed E-state index contributed by atoms with van der Waals surface area (Å²) >= 11 is 2.96. The number of aromatic nitrogens is 2. The van der Waals surface area contributed by atoms with Crippen molar-refractivity contribution in [2.45, 2.75) is 6.54 Å². The van der Waals surface area contributed by atoms with Crippen molar-refractivity contribution in [1.29, 1.82) is 0 Å². The Labute approximate surface area is 121 Å². The van der Waals surface area contributed by atoms with E-state index in [-0.39, 0.29) is 10.2 Å². The van der Waals surface area contributed by atoms with E-state index < -0.39 is 23.2 Å². The molecule has 0 saturated heterocycles. The second kappa shape index (κ2) is 6.10. The Hall–Kier alpha value is -1.80. The zero-order valence-corrected chi connectivity index (χ0v) is 11.8. The molecule has 5 nitrogen and oxygen atoms in total. The Kier molecular flexibility index (Phi) is 4.46. The highest BCUT2D eigenvalue weighted by atomic mass is 79.9. The lowest BCUT2D eigenvalue weighted by Gasteiger charge is -2.06. The van der Waals surface area contributed by atoms with Crippen LogP contribution < -0.4 is 11.1 Å². The maximum atomic E-state index is 13.6. The molecule has 20 heavy (non-hydrogen) atoms. The monoisotopic (exact) mass is 344 g/mol. The second-order valence-corrected chi connectivity index (χ2v) is 4.90. The lowest BCUT2D eigenvalue weighted by atomic mass is 10.3. The second-order valence-electron chi connectivity index (χ2n) is 3.98. The molecule has 8 heteroatoms. The van der Waals surface area contributed by atoms with Crippen molar-refractivity contribution in [1.82, 2.24) is 9.55 Å². The van der Waals surface area contributed by atoms with E-state index in [4.69, 9.17) is 5.73 Å². The molecular formula is C12H11BrF2N4O. The smallest absolute Gasteiger partial charge is 0.276 e. The summed E-state index contributed by atoms with van der Waals surface area (Å²) in [5.74, 6) is -2.43. The molecule has 1 aromatic heterocycles. The fourth-order valence-electron chi connectivity index (χ4n) is 1.59. The molecule has 1 aromatic carbocycles. The van der Waals surface area contributed by atoms with Crippen LogP contribution in [-0.4, -0.2) is 22.0 Å². The maximum Gasteiger partial charge on any atom is 0.276 e. The first-order valence-corrected chi connectivity index (χ1v) is 6.48. The number of carbonyl (C=O) groups is 1. The van der Waals surface area contributed by atoms with Crippen LogP contribution in [0.4, 0.5) is 14.5 Å². The Morgan fingerprint density at radius 1 is 1.40 bits per heavy atom. The van der Waals surface area contributed by atoms with Crippen molar-refractivity contribution < 1.29 is 13.6 Å². The SMILES string of the molecule is NCCn1cnc(C(=O)Nc2c(F)cc(Br)cc2F)c1. The minimum atomic E-state index is -0.869. The van der Waals surface area contributed by atoms with Gasteiger partial charge >= 0.3 is 0 Å². The molecule has 0 spiro atoms. The van der Waals surface area contributed by atoms with Crippen LogP contribution in [0.15, 0.2) is 29.1 Å². The number of benzene rings is 1. The predicted octanol–water partition coefficient (Wildman–Crippen LogP) is 2.13. The number of nitrogens with one attached hydrogen (secondary N) is 1. The highest BCUT2D eigenvalue weighted by molar-refractivity contribution is 9.10. The first-order chi connectivity index (χ1) is 9.51. The number of hydrogen-bond donors (Lipinski definition) is 2. The van der Waals surface area contributed by atoms with Gasteiger partial charge in [-0.15, -0.1) is 0 Å². The molecule has 1 heterocycles. The molecule has 0 aliphatic heterocycles. The van der Waals surface area contributed by atoms with Crippen molar-refractivity contribution in [2.24, 2.45) is 5.73 Å². The van der Waals surface area contributed by atoms with Crippen LogP contribution >= 0.6 is 15.9 Å². The van der Waals surface area contributed by atoms with Crippen LogP contribution in [0.5, 0.6) is 0 Å². The molecule has 2 aromatic rings. The van der Waals surface area contributed by atoms with Crippen LogP contribution in [0, 0.1) is 11.6 Å². The maximum absolute atomic E-state index is 13.6. The van der Waals surface area contributed by atoms with Gasteiger partial charge in [-0.3, -0.25) is 4.79 Å². The summed E-state index contributed by atoms with van der Waals surface area (Å²) in [7, 11) is 0. The third-order valence-corrected chi connectivity index (χ3v) is 2.96. The summed E-state index contributed by atoms with van der Waals surface area (Å²) in [5.41, 5.74) is 4.92. The van der Waals surface area contributed by atoms with Crippen molar-refractivity contribution >= 4 is 27.5 Å². The molecule has 0 aliphatic carbocycles. The minimum absolute atomic E-state index is 0.0557. The first kappa shape index (κ1) is 14.6. The van der Waals surface area contributed by atoms with Crippen LogP contribution in [0.25, 0.3) is 0 Å². The van der Waals surface area contributed by atoms with Gasteiger partial charge in [0.25, 0.3) is 5.91 Å². The quantitative estimate of drug-likeness (QED) is 0.892. The van der Waals surface area contributed by atoms with E-state index in [1.807, 2.05) is 0 Å². The van der Waals surface area contributed by atoms with E-state index in [1.165, 1.54) is 12.5 Å². The molecule has 0 fully saturated rings. The lowest BCUT2D eigenvalue weighted by Crippen LogP contribution is -2.15. The average molecular weight is 345 g/mol. The van der Waals surface area contributed by atoms with Crippen molar-refractivity contribution in [3.63, 3.8) is 0 Å². The Morgan fingerprint density at radius 2 is 2.05 bits per heavy atom. The molecule has 0 radical (unpaired) electrons. The van der Waals surface area contributed by atoms with Crippen molar-refractivity contribution in [3.05, 3.63) is 46.5 Å². The molecule has 0 unspecified atom stereocenters. The Bertz CT molecular complexity index is 621. The van der Waals surface area contributed by atoms with Crippen LogP contribution in [-0.2, 0) is 6.54 Å². The van der Waals surface area contributed by atoms with Gasteiger partial charge in [-0.2, -0.15) is 0 Å². The van der Waals surface area contributed by atoms with Crippen LogP contribution in [0.3, 0.4) is 0 Å². The molecule has 0 bridgehead atoms. The highest BCUT2D eigenvalue weighted by Crippen LogP contribution is 2.24. The normalized spacial score (nSPS) is 10.6. The van der Waals surface area contributed by atoms with Gasteiger partial charge in [0.2, 0.25) is 0 Å². The molecule has 0 atom stereocenters. The minimum Gasteiger partial charge on any atom is -0.335 e. The molecule has 0 saturated carbocycles. The third-order valence-electron chi connectivity index (χ3n) is 2.50. The van der Waals surface area contributed by atoms with E-state index in [9.17, 15) is 13.6 Å². The number of anilines is 1. The molecule has 2 rings (SSSR count). The van der Waals surface area contributed by atoms with Gasteiger partial charge in [0.05, 0.1) is 6.33 Å². The summed E-state index contributed by atoms with van der Waals surface area (Å²) < 4.78 is 29.0. The number of nitrogens with two attached hydrogens (primary N) is 1. The summed E-state index contributed by atoms with van der Waals surface area (Å²) in [4.78, 5) is 15.7. The van der Waals surface area contributed by atoms with Crippen molar-refractivity contribution in [3.8, 4) is 0 Å². The lowest BCUT2D eigenvalue weighted by molar-refractivity contribution is 0.102. The standard InChI is InChI=1S/C12H11BrF2N4O/c13-7-3-8(14)11(9(15)4-7)18-12(20)10-5-19(2-1-16)6-17-10/h3-6H,1-2,16H2,(H,18,20). The molecule has 1 amide bonds. The number of imidazole rings is 1. The van der Waals surface area contributed by atoms with E-state index in [1.54, 1.807) is 4.57 Å². The Balaban J connectivity index is 2.19. The fourth-order valence-corrected chi connectivity index (χ4v) is 1.99. The highest BCUT2D eigenvalue weighted by Gasteiger charge is 2.16. The number of nitrogens with zero attached hydrogens (tertiary/aromatic N) is 2. The number of hydrogen-bond acceptors (Lipinski definition) is 3. The number of rotatable bonds is 4. The van der Waals surface area contributed by atoms with Gasteiger partial charge in [-0.1, -0.05) is 15.9 Å². The summed E-state index contributed by atoms with van der Waals surface area (Å²) in [6.45, 7) is 0.897. The molecule has 0 aliphatic rings. The van der Waals surface area contributed by atoms with Crippen LogP contribution in [0.1, 0.15) is 10.5 Å². The van der Waals surface area contributed by atoms with Gasteiger partial charge in [0.1, 0.15) is 11.4 Å². The van der Waals surface area contributed by atoms with Gasteiger partial charge in [-0.25, -0.2) is 13.8 Å². The first-order valence-electron chi connectivity index (χ1n) is 5.69. The molecule has 106 valence electrons. The van der Waals surface area contributed by atoms with E-state index in [0.717, 1.165) is 12.1 Å². The number of amides is 1. The zero-order valence-electron chi connectivity index (χ0n) is 10.2. The topological polar surface area (TPSA) is 72.9 Å². The summed E-state index contributed by atoms with van der Waals surface area (Å²) in [5, 5.41) is 2.16. The van der Waals surface area contributed by atoms with Gasteiger partial charge in [0, 0.05) is 23.8 Å². The van der Waals surface area contributed by atoms with Gasteiger partial charge < -0.3 is 15.6 Å².